The van der Waals surface area contributed by atoms with Gasteiger partial charge in [-0.2, -0.15) is 5.26 Å². The van der Waals surface area contributed by atoms with Gasteiger partial charge in [0.25, 0.3) is 0 Å². The van der Waals surface area contributed by atoms with E-state index in [4.69, 9.17) is 16.9 Å². The van der Waals surface area contributed by atoms with Gasteiger partial charge >= 0.3 is 0 Å². The van der Waals surface area contributed by atoms with Gasteiger partial charge < -0.3 is 5.32 Å². The number of nitrogens with zero attached hydrogens (tertiary/aromatic N) is 4. The van der Waals surface area contributed by atoms with E-state index in [-0.39, 0.29) is 16.6 Å². The quantitative estimate of drug-likeness (QED) is 0.781. The zero-order chi connectivity index (χ0) is 16.8. The fraction of sp³-hybridized carbons (Fsp3) is 0.267. The van der Waals surface area contributed by atoms with E-state index in [2.05, 4.69) is 36.2 Å². The van der Waals surface area contributed by atoms with Gasteiger partial charge in [0.15, 0.2) is 5.82 Å². The largest absolute Gasteiger partial charge is 0.309 e. The number of hydrogen-bond acceptors (Lipinski definition) is 5. The monoisotopic (exact) mass is 393 g/mol. The lowest BCUT2D eigenvalue weighted by Gasteiger charge is -2.16. The number of aromatic nitrogens is 3. The molecule has 6 nitrogen and oxygen atoms in total. The summed E-state index contributed by atoms with van der Waals surface area (Å²) in [5, 5.41) is 11.9. The molecule has 0 fully saturated rings. The number of rotatable bonds is 5. The van der Waals surface area contributed by atoms with E-state index in [1.807, 2.05) is 13.0 Å². The molecule has 1 N–H and O–H groups in total. The summed E-state index contributed by atoms with van der Waals surface area (Å²) in [6, 6.07) is 3.57. The van der Waals surface area contributed by atoms with Gasteiger partial charge in [0.05, 0.1) is 23.9 Å². The second kappa shape index (κ2) is 7.99. The van der Waals surface area contributed by atoms with E-state index in [9.17, 15) is 4.79 Å². The fourth-order valence-corrected chi connectivity index (χ4v) is 2.41. The van der Waals surface area contributed by atoms with Gasteiger partial charge in [-0.25, -0.2) is 15.0 Å². The summed E-state index contributed by atoms with van der Waals surface area (Å²) in [5.41, 5.74) is 0.900. The number of halogens is 2. The molecule has 0 aromatic carbocycles. The highest BCUT2D eigenvalue weighted by molar-refractivity contribution is 9.10. The predicted molar refractivity (Wildman–Crippen MR) is 90.0 cm³/mol. The summed E-state index contributed by atoms with van der Waals surface area (Å²) < 4.78 is 0.584. The zero-order valence-corrected chi connectivity index (χ0v) is 14.6. The van der Waals surface area contributed by atoms with Crippen molar-refractivity contribution < 1.29 is 4.79 Å². The Morgan fingerprint density at radius 1 is 1.39 bits per heavy atom. The van der Waals surface area contributed by atoms with Crippen molar-refractivity contribution in [1.82, 2.24) is 15.0 Å². The predicted octanol–water partition coefficient (Wildman–Crippen LogP) is 3.68. The number of anilines is 1. The van der Waals surface area contributed by atoms with Gasteiger partial charge in [-0.15, -0.1) is 0 Å². The van der Waals surface area contributed by atoms with E-state index < -0.39 is 5.92 Å². The van der Waals surface area contributed by atoms with Crippen LogP contribution < -0.4 is 5.32 Å². The lowest BCUT2D eigenvalue weighted by molar-refractivity contribution is -0.117. The summed E-state index contributed by atoms with van der Waals surface area (Å²) >= 11 is 9.03. The topological polar surface area (TPSA) is 91.6 Å². The molecule has 23 heavy (non-hydrogen) atoms. The van der Waals surface area contributed by atoms with E-state index in [1.165, 1.54) is 18.6 Å². The number of nitriles is 1. The van der Waals surface area contributed by atoms with Crippen LogP contribution in [0.3, 0.4) is 0 Å². The van der Waals surface area contributed by atoms with E-state index in [1.54, 1.807) is 6.07 Å². The first kappa shape index (κ1) is 17.3. The lowest BCUT2D eigenvalue weighted by Crippen LogP contribution is -2.22. The molecule has 0 aliphatic rings. The number of pyridine rings is 1. The van der Waals surface area contributed by atoms with Crippen molar-refractivity contribution in [3.05, 3.63) is 45.5 Å². The molecule has 2 heterocycles. The minimum Gasteiger partial charge on any atom is -0.309 e. The van der Waals surface area contributed by atoms with E-state index in [0.29, 0.717) is 22.4 Å². The molecule has 0 spiro atoms. The van der Waals surface area contributed by atoms with Gasteiger partial charge in [0.1, 0.15) is 15.8 Å². The van der Waals surface area contributed by atoms with Crippen molar-refractivity contribution in [2.45, 2.75) is 25.7 Å². The molecule has 0 radical (unpaired) electrons. The second-order valence-corrected chi connectivity index (χ2v) is 5.94. The van der Waals surface area contributed by atoms with Crippen molar-refractivity contribution in [2.75, 3.05) is 5.32 Å². The first-order chi connectivity index (χ1) is 11.0. The summed E-state index contributed by atoms with van der Waals surface area (Å²) in [6.07, 6.45) is 5.91. The zero-order valence-electron chi connectivity index (χ0n) is 12.3. The minimum atomic E-state index is -0.442. The number of hydrogen-bond donors (Lipinski definition) is 1. The lowest BCUT2D eigenvalue weighted by atomic mass is 9.94. The molecule has 2 aromatic heterocycles. The molecule has 0 aliphatic carbocycles. The molecule has 0 aliphatic heterocycles. The third kappa shape index (κ3) is 4.47. The Balaban J connectivity index is 2.25. The van der Waals surface area contributed by atoms with Crippen molar-refractivity contribution in [3.63, 3.8) is 0 Å². The van der Waals surface area contributed by atoms with Gasteiger partial charge in [-0.1, -0.05) is 24.9 Å². The first-order valence-corrected chi connectivity index (χ1v) is 8.06. The standard InChI is InChI=1S/C15H13BrClN5O/c1-2-3-11(10-4-9(5-18)14(17)21-6-10)15(23)22-13-8-19-12(16)7-20-13/h4,6-8,11H,2-3H2,1H3,(H,20,22,23). The molecule has 0 saturated heterocycles. The van der Waals surface area contributed by atoms with Crippen LogP contribution >= 0.6 is 27.5 Å². The van der Waals surface area contributed by atoms with Crippen LogP contribution in [0.5, 0.6) is 0 Å². The molecule has 118 valence electrons. The van der Waals surface area contributed by atoms with Crippen LogP contribution in [-0.2, 0) is 4.79 Å². The fourth-order valence-electron chi connectivity index (χ4n) is 2.06. The number of carbonyl (C=O) groups excluding carboxylic acids is 1. The molecule has 1 unspecified atom stereocenters. The van der Waals surface area contributed by atoms with E-state index in [0.717, 1.165) is 6.42 Å². The Morgan fingerprint density at radius 2 is 2.17 bits per heavy atom. The molecule has 1 atom stereocenters. The Labute approximate surface area is 147 Å². The molecule has 8 heteroatoms. The SMILES string of the molecule is CCCC(C(=O)Nc1cnc(Br)cn1)c1cnc(Cl)c(C#N)c1. The van der Waals surface area contributed by atoms with Gasteiger partial charge in [-0.05, 0) is 34.0 Å². The molecular weight excluding hydrogens is 382 g/mol. The molecule has 2 rings (SSSR count). The number of amides is 1. The third-order valence-electron chi connectivity index (χ3n) is 3.15. The second-order valence-electron chi connectivity index (χ2n) is 4.77. The van der Waals surface area contributed by atoms with Crippen LogP contribution in [-0.4, -0.2) is 20.9 Å². The van der Waals surface area contributed by atoms with Crippen molar-refractivity contribution in [1.29, 1.82) is 5.26 Å². The molecular formula is C15H13BrClN5O. The molecule has 0 bridgehead atoms. The summed E-state index contributed by atoms with van der Waals surface area (Å²) in [7, 11) is 0. The molecule has 0 saturated carbocycles. The summed E-state index contributed by atoms with van der Waals surface area (Å²) in [6.45, 7) is 1.98. The Hall–Kier alpha value is -2.04. The van der Waals surface area contributed by atoms with Crippen LogP contribution in [0.25, 0.3) is 0 Å². The van der Waals surface area contributed by atoms with Crippen LogP contribution in [0.1, 0.15) is 36.8 Å². The van der Waals surface area contributed by atoms with Gasteiger partial charge in [0.2, 0.25) is 5.91 Å². The minimum absolute atomic E-state index is 0.130. The van der Waals surface area contributed by atoms with Crippen LogP contribution in [0.15, 0.2) is 29.3 Å². The highest BCUT2D eigenvalue weighted by atomic mass is 79.9. The normalized spacial score (nSPS) is 11.6. The summed E-state index contributed by atoms with van der Waals surface area (Å²) in [4.78, 5) is 24.6. The van der Waals surface area contributed by atoms with Gasteiger partial charge in [-0.3, -0.25) is 4.79 Å². The maximum atomic E-state index is 12.5. The number of carbonyl (C=O) groups is 1. The average molecular weight is 395 g/mol. The third-order valence-corrected chi connectivity index (χ3v) is 3.86. The maximum Gasteiger partial charge on any atom is 0.233 e. The smallest absolute Gasteiger partial charge is 0.233 e. The number of nitrogens with one attached hydrogen (secondary N) is 1. The Bertz CT molecular complexity index is 745. The van der Waals surface area contributed by atoms with E-state index >= 15 is 0 Å². The molecule has 1 amide bonds. The Morgan fingerprint density at radius 3 is 2.78 bits per heavy atom. The average Bonchev–Trinajstić information content (AvgIpc) is 2.55. The van der Waals surface area contributed by atoms with Crippen LogP contribution in [0, 0.1) is 11.3 Å². The summed E-state index contributed by atoms with van der Waals surface area (Å²) in [5.74, 6) is -0.305. The van der Waals surface area contributed by atoms with Crippen molar-refractivity contribution >= 4 is 39.3 Å². The first-order valence-electron chi connectivity index (χ1n) is 6.89. The molecule has 2 aromatic rings. The van der Waals surface area contributed by atoms with Crippen LogP contribution in [0.4, 0.5) is 5.82 Å². The highest BCUT2D eigenvalue weighted by Gasteiger charge is 2.22. The van der Waals surface area contributed by atoms with Crippen molar-refractivity contribution in [3.8, 4) is 6.07 Å². The van der Waals surface area contributed by atoms with Crippen LogP contribution in [0.2, 0.25) is 5.15 Å². The highest BCUT2D eigenvalue weighted by Crippen LogP contribution is 2.25. The van der Waals surface area contributed by atoms with Gasteiger partial charge in [0, 0.05) is 6.20 Å². The Kier molecular flexibility index (Phi) is 6.02. The maximum absolute atomic E-state index is 12.5. The van der Waals surface area contributed by atoms with Crippen molar-refractivity contribution in [2.24, 2.45) is 0 Å².